The summed E-state index contributed by atoms with van der Waals surface area (Å²) in [6, 6.07) is 9.98. The number of rotatable bonds is 6. The quantitative estimate of drug-likeness (QED) is 0.396. The van der Waals surface area contributed by atoms with Crippen LogP contribution in [0.3, 0.4) is 0 Å². The fraction of sp³-hybridized carbons (Fsp3) is 0.300. The molecule has 0 radical (unpaired) electrons. The molecule has 1 heterocycles. The highest BCUT2D eigenvalue weighted by molar-refractivity contribution is 6.30. The predicted molar refractivity (Wildman–Crippen MR) is 105 cm³/mol. The van der Waals surface area contributed by atoms with Crippen molar-refractivity contribution in [3.63, 3.8) is 0 Å². The molecule has 0 unspecified atom stereocenters. The zero-order valence-electron chi connectivity index (χ0n) is 15.7. The number of carbonyl (C=O) groups is 2. The highest BCUT2D eigenvalue weighted by Gasteiger charge is 2.26. The first-order valence-electron chi connectivity index (χ1n) is 9.07. The van der Waals surface area contributed by atoms with Gasteiger partial charge in [0.2, 0.25) is 5.75 Å². The van der Waals surface area contributed by atoms with Crippen LogP contribution in [0.4, 0.5) is 5.69 Å². The van der Waals surface area contributed by atoms with Crippen molar-refractivity contribution < 1.29 is 24.0 Å². The second-order valence-corrected chi connectivity index (χ2v) is 7.01. The van der Waals surface area contributed by atoms with Gasteiger partial charge < -0.3 is 14.4 Å². The molecular formula is C20H19ClN2O6. The molecule has 1 saturated heterocycles. The molecular weight excluding hydrogens is 400 g/mol. The van der Waals surface area contributed by atoms with E-state index in [0.717, 1.165) is 12.8 Å². The van der Waals surface area contributed by atoms with E-state index in [1.54, 1.807) is 11.8 Å². The highest BCUT2D eigenvalue weighted by atomic mass is 35.5. The molecule has 1 aliphatic heterocycles. The summed E-state index contributed by atoms with van der Waals surface area (Å²) < 4.78 is 10.8. The third kappa shape index (κ3) is 5.03. The van der Waals surface area contributed by atoms with E-state index in [2.05, 4.69) is 0 Å². The molecule has 1 atom stereocenters. The van der Waals surface area contributed by atoms with Crippen molar-refractivity contribution in [3.8, 4) is 11.5 Å². The van der Waals surface area contributed by atoms with Crippen molar-refractivity contribution in [1.29, 1.82) is 0 Å². The van der Waals surface area contributed by atoms with E-state index < -0.39 is 17.0 Å². The molecule has 1 amide bonds. The first-order valence-corrected chi connectivity index (χ1v) is 9.44. The van der Waals surface area contributed by atoms with Gasteiger partial charge in [0.15, 0.2) is 6.10 Å². The summed E-state index contributed by atoms with van der Waals surface area (Å²) in [7, 11) is 0. The topological polar surface area (TPSA) is 99.0 Å². The maximum absolute atomic E-state index is 12.3. The van der Waals surface area contributed by atoms with E-state index in [1.807, 2.05) is 0 Å². The minimum absolute atomic E-state index is 0.0274. The minimum Gasteiger partial charge on any atom is -0.450 e. The number of nitro benzene ring substituents is 1. The number of benzene rings is 2. The van der Waals surface area contributed by atoms with Gasteiger partial charge in [0, 0.05) is 24.2 Å². The number of halogens is 1. The fourth-order valence-electron chi connectivity index (χ4n) is 2.98. The van der Waals surface area contributed by atoms with Gasteiger partial charge in [0.25, 0.3) is 5.91 Å². The van der Waals surface area contributed by atoms with Crippen molar-refractivity contribution in [3.05, 3.63) is 63.2 Å². The van der Waals surface area contributed by atoms with Crippen LogP contribution in [-0.4, -0.2) is 40.9 Å². The second kappa shape index (κ2) is 8.91. The van der Waals surface area contributed by atoms with Crippen LogP contribution < -0.4 is 4.74 Å². The Labute approximate surface area is 172 Å². The minimum atomic E-state index is -0.867. The number of esters is 1. The van der Waals surface area contributed by atoms with E-state index in [9.17, 15) is 19.7 Å². The molecule has 3 rings (SSSR count). The van der Waals surface area contributed by atoms with Crippen molar-refractivity contribution in [2.75, 3.05) is 13.1 Å². The summed E-state index contributed by atoms with van der Waals surface area (Å²) in [6.07, 6.45) is 1.05. The fourth-order valence-corrected chi connectivity index (χ4v) is 3.15. The average molecular weight is 419 g/mol. The number of ether oxygens (including phenoxy) is 2. The van der Waals surface area contributed by atoms with Crippen LogP contribution in [0.2, 0.25) is 5.02 Å². The Hall–Kier alpha value is -3.13. The predicted octanol–water partition coefficient (Wildman–Crippen LogP) is 4.21. The standard InChI is InChI=1S/C20H19ClN2O6/c1-13(19(24)22-10-2-3-11-22)28-20(25)14-4-7-16(8-5-14)29-18-9-6-15(21)12-17(18)23(26)27/h4-9,12-13H,2-3,10-11H2,1H3/t13-/m0/s1. The molecule has 0 bridgehead atoms. The van der Waals surface area contributed by atoms with Crippen molar-refractivity contribution in [1.82, 2.24) is 4.90 Å². The smallest absolute Gasteiger partial charge is 0.338 e. The summed E-state index contributed by atoms with van der Waals surface area (Å²) in [5.41, 5.74) is -0.0285. The molecule has 2 aromatic rings. The van der Waals surface area contributed by atoms with Crippen LogP contribution in [0.5, 0.6) is 11.5 Å². The summed E-state index contributed by atoms with van der Waals surface area (Å²) in [4.78, 5) is 36.8. The highest BCUT2D eigenvalue weighted by Crippen LogP contribution is 2.33. The maximum Gasteiger partial charge on any atom is 0.338 e. The first kappa shape index (κ1) is 20.6. The number of amides is 1. The van der Waals surface area contributed by atoms with Crippen LogP contribution in [0.1, 0.15) is 30.1 Å². The second-order valence-electron chi connectivity index (χ2n) is 6.58. The van der Waals surface area contributed by atoms with Gasteiger partial charge in [-0.2, -0.15) is 0 Å². The lowest BCUT2D eigenvalue weighted by molar-refractivity contribution is -0.385. The molecule has 9 heteroatoms. The molecule has 29 heavy (non-hydrogen) atoms. The van der Waals surface area contributed by atoms with Gasteiger partial charge in [0.1, 0.15) is 5.75 Å². The van der Waals surface area contributed by atoms with Gasteiger partial charge in [-0.05, 0) is 56.2 Å². The molecule has 0 saturated carbocycles. The average Bonchev–Trinajstić information content (AvgIpc) is 3.23. The van der Waals surface area contributed by atoms with Gasteiger partial charge in [-0.3, -0.25) is 14.9 Å². The van der Waals surface area contributed by atoms with E-state index in [0.29, 0.717) is 18.8 Å². The number of nitrogens with zero attached hydrogens (tertiary/aromatic N) is 2. The summed E-state index contributed by atoms with van der Waals surface area (Å²) in [5.74, 6) is -0.507. The van der Waals surface area contributed by atoms with Crippen molar-refractivity contribution >= 4 is 29.2 Å². The molecule has 152 valence electrons. The van der Waals surface area contributed by atoms with E-state index in [-0.39, 0.29) is 27.9 Å². The van der Waals surface area contributed by atoms with Crippen LogP contribution >= 0.6 is 11.6 Å². The number of hydrogen-bond acceptors (Lipinski definition) is 6. The zero-order chi connectivity index (χ0) is 21.0. The van der Waals surface area contributed by atoms with Crippen LogP contribution in [0.25, 0.3) is 0 Å². The largest absolute Gasteiger partial charge is 0.450 e. The normalized spacial score (nSPS) is 14.3. The van der Waals surface area contributed by atoms with Gasteiger partial charge in [-0.15, -0.1) is 0 Å². The van der Waals surface area contributed by atoms with E-state index in [1.165, 1.54) is 42.5 Å². The number of nitro groups is 1. The van der Waals surface area contributed by atoms with Gasteiger partial charge in [-0.1, -0.05) is 11.6 Å². The Balaban J connectivity index is 1.65. The van der Waals surface area contributed by atoms with Crippen LogP contribution in [0.15, 0.2) is 42.5 Å². The Morgan fingerprint density at radius 2 is 1.79 bits per heavy atom. The molecule has 8 nitrogen and oxygen atoms in total. The number of carbonyl (C=O) groups excluding carboxylic acids is 2. The number of likely N-dealkylation sites (tertiary alicyclic amines) is 1. The molecule has 1 aliphatic rings. The molecule has 0 aromatic heterocycles. The monoisotopic (exact) mass is 418 g/mol. The SMILES string of the molecule is C[C@H](OC(=O)c1ccc(Oc2ccc(Cl)cc2[N+](=O)[O-])cc1)C(=O)N1CCCC1. The molecule has 0 spiro atoms. The third-order valence-corrected chi connectivity index (χ3v) is 4.72. The Bertz CT molecular complexity index is 925. The van der Waals surface area contributed by atoms with Gasteiger partial charge >= 0.3 is 11.7 Å². The number of hydrogen-bond donors (Lipinski definition) is 0. The third-order valence-electron chi connectivity index (χ3n) is 4.48. The zero-order valence-corrected chi connectivity index (χ0v) is 16.4. The Kier molecular flexibility index (Phi) is 6.33. The summed E-state index contributed by atoms with van der Waals surface area (Å²) in [5, 5.41) is 11.4. The van der Waals surface area contributed by atoms with Crippen molar-refractivity contribution in [2.45, 2.75) is 25.9 Å². The van der Waals surface area contributed by atoms with Gasteiger partial charge in [0.05, 0.1) is 10.5 Å². The Morgan fingerprint density at radius 1 is 1.14 bits per heavy atom. The van der Waals surface area contributed by atoms with Crippen LogP contribution in [0, 0.1) is 10.1 Å². The molecule has 0 aliphatic carbocycles. The summed E-state index contributed by atoms with van der Waals surface area (Å²) >= 11 is 5.79. The van der Waals surface area contributed by atoms with Crippen LogP contribution in [-0.2, 0) is 9.53 Å². The lowest BCUT2D eigenvalue weighted by Gasteiger charge is -2.20. The van der Waals surface area contributed by atoms with Crippen molar-refractivity contribution in [2.24, 2.45) is 0 Å². The molecule has 0 N–H and O–H groups in total. The van der Waals surface area contributed by atoms with Gasteiger partial charge in [-0.25, -0.2) is 4.79 Å². The Morgan fingerprint density at radius 3 is 2.41 bits per heavy atom. The maximum atomic E-state index is 12.3. The molecule has 2 aromatic carbocycles. The first-order chi connectivity index (χ1) is 13.8. The molecule has 1 fully saturated rings. The van der Waals surface area contributed by atoms with E-state index >= 15 is 0 Å². The lowest BCUT2D eigenvalue weighted by atomic mass is 10.2. The van der Waals surface area contributed by atoms with E-state index in [4.69, 9.17) is 21.1 Å². The lowest BCUT2D eigenvalue weighted by Crippen LogP contribution is -2.38. The summed E-state index contributed by atoms with van der Waals surface area (Å²) in [6.45, 7) is 2.92.